The Morgan fingerprint density at radius 1 is 1.29 bits per heavy atom. The van der Waals surface area contributed by atoms with Gasteiger partial charge in [0.15, 0.2) is 0 Å². The zero-order valence-corrected chi connectivity index (χ0v) is 13.3. The van der Waals surface area contributed by atoms with Gasteiger partial charge in [-0.15, -0.1) is 11.3 Å². The van der Waals surface area contributed by atoms with Crippen LogP contribution in [0.25, 0.3) is 0 Å². The Kier molecular flexibility index (Phi) is 4.11. The first-order valence-electron chi connectivity index (χ1n) is 4.97. The van der Waals surface area contributed by atoms with Crippen molar-refractivity contribution in [3.8, 4) is 0 Å². The summed E-state index contributed by atoms with van der Waals surface area (Å²) in [5.41, 5.74) is -2.11. The molecule has 1 aromatic rings. The highest BCUT2D eigenvalue weighted by molar-refractivity contribution is 9.11. The third-order valence-corrected chi connectivity index (χ3v) is 6.50. The summed E-state index contributed by atoms with van der Waals surface area (Å²) in [6.07, 6.45) is 0. The van der Waals surface area contributed by atoms with Crippen LogP contribution in [0.1, 0.15) is 27.7 Å². The largest absolute Gasteiger partial charge is 0.389 e. The highest BCUT2D eigenvalue weighted by Crippen LogP contribution is 2.29. The molecule has 1 rings (SSSR count). The van der Waals surface area contributed by atoms with E-state index < -0.39 is 21.2 Å². The molecule has 0 amide bonds. The van der Waals surface area contributed by atoms with Crippen molar-refractivity contribution in [1.82, 2.24) is 4.72 Å². The van der Waals surface area contributed by atoms with E-state index in [2.05, 4.69) is 20.7 Å². The lowest BCUT2D eigenvalue weighted by Crippen LogP contribution is -2.57. The Morgan fingerprint density at radius 3 is 2.18 bits per heavy atom. The van der Waals surface area contributed by atoms with Gasteiger partial charge in [0.1, 0.15) is 4.21 Å². The van der Waals surface area contributed by atoms with Gasteiger partial charge in [-0.2, -0.15) is 0 Å². The monoisotopic (exact) mass is 341 g/mol. The van der Waals surface area contributed by atoms with E-state index in [9.17, 15) is 13.5 Å². The lowest BCUT2D eigenvalue weighted by molar-refractivity contribution is 0.00641. The number of hydrogen-bond acceptors (Lipinski definition) is 4. The van der Waals surface area contributed by atoms with Crippen LogP contribution in [-0.2, 0) is 10.0 Å². The number of hydrogen-bond donors (Lipinski definition) is 2. The van der Waals surface area contributed by atoms with Gasteiger partial charge in [-0.25, -0.2) is 13.1 Å². The molecule has 1 aromatic heterocycles. The minimum atomic E-state index is -3.60. The number of rotatable bonds is 4. The molecule has 4 nitrogen and oxygen atoms in total. The first kappa shape index (κ1) is 15.1. The molecular formula is C10H16BrNO3S2. The zero-order chi connectivity index (χ0) is 13.5. The van der Waals surface area contributed by atoms with E-state index in [1.54, 1.807) is 33.8 Å². The molecule has 0 radical (unpaired) electrons. The molecule has 0 aliphatic heterocycles. The predicted octanol–water partition coefficient (Wildman–Crippen LogP) is 2.34. The summed E-state index contributed by atoms with van der Waals surface area (Å²) in [4.78, 5) is 0. The molecule has 1 heterocycles. The van der Waals surface area contributed by atoms with Crippen LogP contribution in [0.5, 0.6) is 0 Å². The summed E-state index contributed by atoms with van der Waals surface area (Å²) in [6, 6.07) is 3.20. The summed E-state index contributed by atoms with van der Waals surface area (Å²) < 4.78 is 27.6. The summed E-state index contributed by atoms with van der Waals surface area (Å²) in [6.45, 7) is 6.43. The minimum absolute atomic E-state index is 0.224. The molecule has 0 bridgehead atoms. The van der Waals surface area contributed by atoms with Crippen molar-refractivity contribution in [3.63, 3.8) is 0 Å². The summed E-state index contributed by atoms with van der Waals surface area (Å²) in [5.74, 6) is 0. The highest BCUT2D eigenvalue weighted by atomic mass is 79.9. The number of sulfonamides is 1. The molecule has 0 aliphatic rings. The third kappa shape index (κ3) is 3.51. The summed E-state index contributed by atoms with van der Waals surface area (Å²) in [5, 5.41) is 9.93. The molecule has 7 heteroatoms. The van der Waals surface area contributed by atoms with Crippen molar-refractivity contribution in [2.24, 2.45) is 0 Å². The Balaban J connectivity index is 3.03. The number of aliphatic hydroxyl groups is 1. The molecule has 0 aliphatic carbocycles. The van der Waals surface area contributed by atoms with Gasteiger partial charge in [0.05, 0.1) is 14.9 Å². The van der Waals surface area contributed by atoms with E-state index in [0.717, 1.165) is 15.1 Å². The number of thiophene rings is 1. The second-order valence-electron chi connectivity index (χ2n) is 4.85. The molecule has 0 unspecified atom stereocenters. The number of nitrogens with one attached hydrogen (secondary N) is 1. The fourth-order valence-corrected chi connectivity index (χ4v) is 4.50. The maximum absolute atomic E-state index is 12.1. The quantitative estimate of drug-likeness (QED) is 0.883. The van der Waals surface area contributed by atoms with Crippen LogP contribution in [0.2, 0.25) is 0 Å². The molecule has 0 spiro atoms. The van der Waals surface area contributed by atoms with Crippen LogP contribution in [0.15, 0.2) is 20.1 Å². The molecule has 0 saturated carbocycles. The molecule has 0 saturated heterocycles. The van der Waals surface area contributed by atoms with Crippen LogP contribution >= 0.6 is 27.3 Å². The van der Waals surface area contributed by atoms with Crippen molar-refractivity contribution < 1.29 is 13.5 Å². The SMILES string of the molecule is CC(C)(O)C(C)(C)NS(=O)(=O)c1ccc(Br)s1. The Morgan fingerprint density at radius 2 is 1.82 bits per heavy atom. The van der Waals surface area contributed by atoms with Crippen LogP contribution in [-0.4, -0.2) is 24.7 Å². The molecule has 0 atom stereocenters. The van der Waals surface area contributed by atoms with E-state index in [-0.39, 0.29) is 4.21 Å². The lowest BCUT2D eigenvalue weighted by Gasteiger charge is -2.37. The fourth-order valence-electron chi connectivity index (χ4n) is 0.953. The van der Waals surface area contributed by atoms with Gasteiger partial charge in [0.2, 0.25) is 0 Å². The van der Waals surface area contributed by atoms with Crippen molar-refractivity contribution in [1.29, 1.82) is 0 Å². The van der Waals surface area contributed by atoms with Gasteiger partial charge >= 0.3 is 0 Å². The smallest absolute Gasteiger partial charge is 0.250 e. The Bertz CT molecular complexity index is 500. The number of halogens is 1. The zero-order valence-electron chi connectivity index (χ0n) is 10.1. The van der Waals surface area contributed by atoms with Gasteiger partial charge in [-0.3, -0.25) is 0 Å². The Labute approximate surface area is 114 Å². The maximum Gasteiger partial charge on any atom is 0.250 e. The molecule has 17 heavy (non-hydrogen) atoms. The second-order valence-corrected chi connectivity index (χ2v) is 9.22. The van der Waals surface area contributed by atoms with E-state index >= 15 is 0 Å². The topological polar surface area (TPSA) is 66.4 Å². The summed E-state index contributed by atoms with van der Waals surface area (Å²) >= 11 is 4.35. The lowest BCUT2D eigenvalue weighted by atomic mass is 9.87. The van der Waals surface area contributed by atoms with Crippen molar-refractivity contribution in [3.05, 3.63) is 15.9 Å². The normalized spacial score (nSPS) is 14.0. The average Bonchev–Trinajstić information content (AvgIpc) is 2.48. The fraction of sp³-hybridized carbons (Fsp3) is 0.600. The highest BCUT2D eigenvalue weighted by Gasteiger charge is 2.39. The van der Waals surface area contributed by atoms with Gasteiger partial charge in [-0.05, 0) is 55.8 Å². The van der Waals surface area contributed by atoms with Gasteiger partial charge < -0.3 is 5.11 Å². The summed E-state index contributed by atoms with van der Waals surface area (Å²) in [7, 11) is -3.60. The van der Waals surface area contributed by atoms with E-state index in [1.165, 1.54) is 6.07 Å². The van der Waals surface area contributed by atoms with E-state index in [0.29, 0.717) is 0 Å². The van der Waals surface area contributed by atoms with Gasteiger partial charge in [0.25, 0.3) is 10.0 Å². The van der Waals surface area contributed by atoms with Crippen LogP contribution in [0, 0.1) is 0 Å². The predicted molar refractivity (Wildman–Crippen MR) is 72.7 cm³/mol. The van der Waals surface area contributed by atoms with E-state index in [4.69, 9.17) is 0 Å². The minimum Gasteiger partial charge on any atom is -0.389 e. The first-order chi connectivity index (χ1) is 7.46. The molecule has 0 aromatic carbocycles. The third-order valence-electron chi connectivity index (χ3n) is 2.73. The van der Waals surface area contributed by atoms with Gasteiger partial charge in [-0.1, -0.05) is 0 Å². The molecular weight excluding hydrogens is 326 g/mol. The maximum atomic E-state index is 12.1. The standard InChI is InChI=1S/C10H16BrNO3S2/c1-9(2,10(3,4)13)12-17(14,15)8-6-5-7(11)16-8/h5-6,12-13H,1-4H3. The van der Waals surface area contributed by atoms with Crippen LogP contribution < -0.4 is 4.72 Å². The molecule has 98 valence electrons. The van der Waals surface area contributed by atoms with Crippen LogP contribution in [0.4, 0.5) is 0 Å². The molecule has 0 fully saturated rings. The second kappa shape index (κ2) is 4.62. The Hall–Kier alpha value is 0.0500. The van der Waals surface area contributed by atoms with Crippen molar-refractivity contribution >= 4 is 37.3 Å². The van der Waals surface area contributed by atoms with E-state index in [1.807, 2.05) is 0 Å². The van der Waals surface area contributed by atoms with Gasteiger partial charge in [0, 0.05) is 0 Å². The first-order valence-corrected chi connectivity index (χ1v) is 8.07. The molecule has 2 N–H and O–H groups in total. The van der Waals surface area contributed by atoms with Crippen molar-refractivity contribution in [2.45, 2.75) is 43.0 Å². The van der Waals surface area contributed by atoms with Crippen molar-refractivity contribution in [2.75, 3.05) is 0 Å². The average molecular weight is 342 g/mol. The van der Waals surface area contributed by atoms with Crippen LogP contribution in [0.3, 0.4) is 0 Å².